The summed E-state index contributed by atoms with van der Waals surface area (Å²) in [5.74, 6) is 3.09. The monoisotopic (exact) mass is 342 g/mol. The molecule has 25 heavy (non-hydrogen) atoms. The highest BCUT2D eigenvalue weighted by Crippen LogP contribution is 2.37. The number of hydrogen-bond donors (Lipinski definition) is 0. The molecular formula is C23H34O2. The second kappa shape index (κ2) is 9.43. The maximum atomic E-state index is 6.00. The van der Waals surface area contributed by atoms with Crippen molar-refractivity contribution in [2.75, 3.05) is 13.7 Å². The topological polar surface area (TPSA) is 18.5 Å². The first-order chi connectivity index (χ1) is 12.3. The summed E-state index contributed by atoms with van der Waals surface area (Å²) in [7, 11) is 1.73. The molecule has 2 fully saturated rings. The van der Waals surface area contributed by atoms with Gasteiger partial charge in [-0.15, -0.1) is 0 Å². The van der Waals surface area contributed by atoms with Crippen molar-refractivity contribution < 1.29 is 9.47 Å². The van der Waals surface area contributed by atoms with E-state index < -0.39 is 0 Å². The van der Waals surface area contributed by atoms with Crippen LogP contribution < -0.4 is 4.74 Å². The zero-order valence-corrected chi connectivity index (χ0v) is 16.0. The summed E-state index contributed by atoms with van der Waals surface area (Å²) in [6.45, 7) is 3.18. The van der Waals surface area contributed by atoms with Crippen molar-refractivity contribution >= 4 is 0 Å². The Bertz CT molecular complexity index is 518. The first-order valence-electron chi connectivity index (χ1n) is 10.2. The van der Waals surface area contributed by atoms with E-state index in [9.17, 15) is 0 Å². The molecule has 1 aromatic rings. The van der Waals surface area contributed by atoms with E-state index in [-0.39, 0.29) is 0 Å². The second-order valence-corrected chi connectivity index (χ2v) is 7.85. The van der Waals surface area contributed by atoms with Crippen LogP contribution in [0, 0.1) is 11.8 Å². The number of allylic oxidation sites excluding steroid dienone is 1. The molecule has 1 heterocycles. The van der Waals surface area contributed by atoms with Crippen LogP contribution in [0.4, 0.5) is 0 Å². The normalized spacial score (nSPS) is 30.5. The van der Waals surface area contributed by atoms with E-state index in [1.165, 1.54) is 56.9 Å². The van der Waals surface area contributed by atoms with E-state index in [0.29, 0.717) is 12.0 Å². The van der Waals surface area contributed by atoms with Crippen molar-refractivity contribution in [1.82, 2.24) is 0 Å². The van der Waals surface area contributed by atoms with E-state index in [4.69, 9.17) is 9.47 Å². The number of benzene rings is 1. The molecule has 1 aliphatic heterocycles. The van der Waals surface area contributed by atoms with Crippen molar-refractivity contribution in [1.29, 1.82) is 0 Å². The van der Waals surface area contributed by atoms with Crippen molar-refractivity contribution in [2.45, 2.75) is 70.3 Å². The molecule has 3 rings (SSSR count). The fourth-order valence-electron chi connectivity index (χ4n) is 4.36. The van der Waals surface area contributed by atoms with Gasteiger partial charge in [0.1, 0.15) is 5.75 Å². The Kier molecular flexibility index (Phi) is 6.98. The first-order valence-corrected chi connectivity index (χ1v) is 10.2. The zero-order chi connectivity index (χ0) is 17.5. The molecule has 2 heteroatoms. The van der Waals surface area contributed by atoms with Crippen LogP contribution in [0.15, 0.2) is 36.4 Å². The standard InChI is InChI=1S/C23H34O2/c1-3-4-23-14-9-19(17-25-23)6-5-18-7-10-20(11-8-18)21-12-15-22(24-2)16-13-21/h5-6,12-13,15-16,18-20,23H,3-4,7-11,14,17H2,1-2H3/b6-5+. The van der Waals surface area contributed by atoms with E-state index in [1.807, 2.05) is 0 Å². The Morgan fingerprint density at radius 3 is 2.24 bits per heavy atom. The Hall–Kier alpha value is -1.28. The maximum absolute atomic E-state index is 6.00. The predicted molar refractivity (Wildman–Crippen MR) is 104 cm³/mol. The SMILES string of the molecule is CCCC1CCC(/C=C/C2CCC(c3ccc(OC)cc3)CC2)CO1. The third-order valence-corrected chi connectivity index (χ3v) is 6.03. The van der Waals surface area contributed by atoms with Crippen LogP contribution in [-0.4, -0.2) is 19.8 Å². The third kappa shape index (κ3) is 5.34. The van der Waals surface area contributed by atoms with E-state index in [1.54, 1.807) is 7.11 Å². The summed E-state index contributed by atoms with van der Waals surface area (Å²) in [4.78, 5) is 0. The van der Waals surface area contributed by atoms with Crippen LogP contribution in [0.3, 0.4) is 0 Å². The van der Waals surface area contributed by atoms with Gasteiger partial charge in [0.25, 0.3) is 0 Å². The summed E-state index contributed by atoms with van der Waals surface area (Å²) in [6, 6.07) is 8.67. The average molecular weight is 343 g/mol. The molecule has 0 aromatic heterocycles. The quantitative estimate of drug-likeness (QED) is 0.580. The first kappa shape index (κ1) is 18.5. The van der Waals surface area contributed by atoms with Crippen LogP contribution in [0.1, 0.15) is 69.8 Å². The fourth-order valence-corrected chi connectivity index (χ4v) is 4.36. The van der Waals surface area contributed by atoms with Gasteiger partial charge in [-0.1, -0.05) is 37.6 Å². The fraction of sp³-hybridized carbons (Fsp3) is 0.652. The van der Waals surface area contributed by atoms with E-state index in [2.05, 4.69) is 43.3 Å². The summed E-state index contributed by atoms with van der Waals surface area (Å²) in [6.07, 6.45) is 15.7. The van der Waals surface area contributed by atoms with Crippen LogP contribution in [0.25, 0.3) is 0 Å². The molecule has 1 saturated carbocycles. The molecule has 2 unspecified atom stereocenters. The Morgan fingerprint density at radius 2 is 1.64 bits per heavy atom. The summed E-state index contributed by atoms with van der Waals surface area (Å²) >= 11 is 0. The third-order valence-electron chi connectivity index (χ3n) is 6.03. The minimum Gasteiger partial charge on any atom is -0.497 e. The molecular weight excluding hydrogens is 308 g/mol. The predicted octanol–water partition coefficient (Wildman–Crippen LogP) is 6.12. The van der Waals surface area contributed by atoms with Gasteiger partial charge in [-0.05, 0) is 74.5 Å². The Morgan fingerprint density at radius 1 is 0.960 bits per heavy atom. The molecule has 0 N–H and O–H groups in total. The molecule has 0 amide bonds. The smallest absolute Gasteiger partial charge is 0.118 e. The van der Waals surface area contributed by atoms with Gasteiger partial charge in [0.05, 0.1) is 19.8 Å². The number of ether oxygens (including phenoxy) is 2. The van der Waals surface area contributed by atoms with Crippen LogP contribution in [0.5, 0.6) is 5.75 Å². The highest BCUT2D eigenvalue weighted by atomic mass is 16.5. The largest absolute Gasteiger partial charge is 0.497 e. The Labute approximate surface area is 153 Å². The van der Waals surface area contributed by atoms with Crippen molar-refractivity contribution in [3.05, 3.63) is 42.0 Å². The van der Waals surface area contributed by atoms with Crippen LogP contribution in [-0.2, 0) is 4.74 Å². The zero-order valence-electron chi connectivity index (χ0n) is 16.0. The number of methoxy groups -OCH3 is 1. The van der Waals surface area contributed by atoms with Crippen molar-refractivity contribution in [3.63, 3.8) is 0 Å². The molecule has 1 aliphatic carbocycles. The minimum absolute atomic E-state index is 0.523. The summed E-state index contributed by atoms with van der Waals surface area (Å²) < 4.78 is 11.3. The average Bonchev–Trinajstić information content (AvgIpc) is 2.68. The van der Waals surface area contributed by atoms with Crippen LogP contribution in [0.2, 0.25) is 0 Å². The molecule has 0 bridgehead atoms. The lowest BCUT2D eigenvalue weighted by Crippen LogP contribution is -2.24. The highest BCUT2D eigenvalue weighted by Gasteiger charge is 2.22. The lowest BCUT2D eigenvalue weighted by atomic mass is 9.78. The van der Waals surface area contributed by atoms with E-state index >= 15 is 0 Å². The molecule has 2 aliphatic rings. The van der Waals surface area contributed by atoms with Gasteiger partial charge < -0.3 is 9.47 Å². The van der Waals surface area contributed by atoms with Gasteiger partial charge in [-0.25, -0.2) is 0 Å². The van der Waals surface area contributed by atoms with Crippen molar-refractivity contribution in [3.8, 4) is 5.75 Å². The molecule has 1 saturated heterocycles. The molecule has 0 spiro atoms. The van der Waals surface area contributed by atoms with Gasteiger partial charge >= 0.3 is 0 Å². The van der Waals surface area contributed by atoms with Gasteiger partial charge in [0, 0.05) is 5.92 Å². The van der Waals surface area contributed by atoms with E-state index in [0.717, 1.165) is 24.2 Å². The number of hydrogen-bond acceptors (Lipinski definition) is 2. The van der Waals surface area contributed by atoms with Crippen LogP contribution >= 0.6 is 0 Å². The second-order valence-electron chi connectivity index (χ2n) is 7.85. The summed E-state index contributed by atoms with van der Waals surface area (Å²) in [5, 5.41) is 0. The van der Waals surface area contributed by atoms with Gasteiger partial charge in [-0.3, -0.25) is 0 Å². The van der Waals surface area contributed by atoms with Crippen molar-refractivity contribution in [2.24, 2.45) is 11.8 Å². The molecule has 2 nitrogen and oxygen atoms in total. The molecule has 1 aromatic carbocycles. The maximum Gasteiger partial charge on any atom is 0.118 e. The Balaban J connectivity index is 1.41. The lowest BCUT2D eigenvalue weighted by molar-refractivity contribution is -0.00852. The molecule has 0 radical (unpaired) electrons. The van der Waals surface area contributed by atoms with Gasteiger partial charge in [0.15, 0.2) is 0 Å². The lowest BCUT2D eigenvalue weighted by Gasteiger charge is -2.29. The molecule has 138 valence electrons. The minimum atomic E-state index is 0.523. The molecule has 2 atom stereocenters. The highest BCUT2D eigenvalue weighted by molar-refractivity contribution is 5.29. The number of rotatable bonds is 6. The summed E-state index contributed by atoms with van der Waals surface area (Å²) in [5.41, 5.74) is 1.48. The van der Waals surface area contributed by atoms with Gasteiger partial charge in [0.2, 0.25) is 0 Å². The van der Waals surface area contributed by atoms with Gasteiger partial charge in [-0.2, -0.15) is 0 Å².